The summed E-state index contributed by atoms with van der Waals surface area (Å²) in [5, 5.41) is 4.24. The van der Waals surface area contributed by atoms with Crippen LogP contribution in [0.1, 0.15) is 12.8 Å². The Kier molecular flexibility index (Phi) is 3.30. The molecule has 0 spiro atoms. The lowest BCUT2D eigenvalue weighted by atomic mass is 10.2. The Morgan fingerprint density at radius 2 is 1.91 bits per heavy atom. The monoisotopic (exact) mass is 298 g/mol. The van der Waals surface area contributed by atoms with Gasteiger partial charge >= 0.3 is 6.03 Å². The molecule has 0 bridgehead atoms. The van der Waals surface area contributed by atoms with E-state index in [1.807, 2.05) is 30.3 Å². The van der Waals surface area contributed by atoms with Crippen molar-refractivity contribution in [1.29, 1.82) is 0 Å². The Labute approximate surface area is 130 Å². The molecule has 1 aliphatic heterocycles. The number of amides is 2. The Hall–Kier alpha value is -2.01. The summed E-state index contributed by atoms with van der Waals surface area (Å²) in [6.07, 6.45) is 4.69. The Morgan fingerprint density at radius 1 is 1.14 bits per heavy atom. The summed E-state index contributed by atoms with van der Waals surface area (Å²) in [6.45, 7) is 3.66. The number of fused-ring (bicyclic) bond motifs is 1. The van der Waals surface area contributed by atoms with Gasteiger partial charge in [-0.3, -0.25) is 4.90 Å². The molecule has 2 fully saturated rings. The zero-order valence-corrected chi connectivity index (χ0v) is 13.0. The van der Waals surface area contributed by atoms with E-state index in [1.54, 1.807) is 0 Å². The van der Waals surface area contributed by atoms with Crippen molar-refractivity contribution in [2.24, 2.45) is 7.05 Å². The summed E-state index contributed by atoms with van der Waals surface area (Å²) < 4.78 is 2.05. The first kappa shape index (κ1) is 13.6. The van der Waals surface area contributed by atoms with Crippen LogP contribution in [0.5, 0.6) is 0 Å². The minimum atomic E-state index is 0.0177. The average molecular weight is 298 g/mol. The highest BCUT2D eigenvalue weighted by molar-refractivity contribution is 6.00. The molecule has 5 nitrogen and oxygen atoms in total. The second-order valence-corrected chi connectivity index (χ2v) is 6.35. The molecule has 1 N–H and O–H groups in total. The average Bonchev–Trinajstić information content (AvgIpc) is 3.32. The number of nitrogens with one attached hydrogen (secondary N) is 1. The topological polar surface area (TPSA) is 40.5 Å². The van der Waals surface area contributed by atoms with Gasteiger partial charge in [0.1, 0.15) is 0 Å². The van der Waals surface area contributed by atoms with Crippen molar-refractivity contribution in [1.82, 2.24) is 14.4 Å². The third-order valence-electron chi connectivity index (χ3n) is 4.80. The number of rotatable bonds is 2. The Morgan fingerprint density at radius 3 is 2.64 bits per heavy atom. The molecule has 2 heterocycles. The van der Waals surface area contributed by atoms with Crippen LogP contribution < -0.4 is 5.32 Å². The number of piperazine rings is 1. The van der Waals surface area contributed by atoms with E-state index >= 15 is 0 Å². The molecule has 0 atom stereocenters. The van der Waals surface area contributed by atoms with Crippen LogP contribution in [0.4, 0.5) is 10.5 Å². The van der Waals surface area contributed by atoms with E-state index in [-0.39, 0.29) is 6.03 Å². The molecule has 22 heavy (non-hydrogen) atoms. The second kappa shape index (κ2) is 5.32. The molecule has 1 saturated carbocycles. The molecule has 116 valence electrons. The van der Waals surface area contributed by atoms with E-state index in [4.69, 9.17) is 0 Å². The molecule has 1 aromatic heterocycles. The largest absolute Gasteiger partial charge is 0.349 e. The molecule has 0 radical (unpaired) electrons. The number of nitrogens with zero attached hydrogens (tertiary/aromatic N) is 3. The fourth-order valence-corrected chi connectivity index (χ4v) is 3.38. The summed E-state index contributed by atoms with van der Waals surface area (Å²) in [4.78, 5) is 17.0. The maximum absolute atomic E-state index is 12.5. The molecule has 2 aromatic rings. The van der Waals surface area contributed by atoms with Gasteiger partial charge in [-0.05, 0) is 25.0 Å². The van der Waals surface area contributed by atoms with Crippen molar-refractivity contribution in [3.05, 3.63) is 30.5 Å². The van der Waals surface area contributed by atoms with Crippen LogP contribution in [0.25, 0.3) is 10.9 Å². The molecule has 1 aromatic carbocycles. The highest BCUT2D eigenvalue weighted by atomic mass is 16.2. The van der Waals surface area contributed by atoms with Crippen molar-refractivity contribution in [3.63, 3.8) is 0 Å². The van der Waals surface area contributed by atoms with Gasteiger partial charge in [-0.2, -0.15) is 0 Å². The lowest BCUT2D eigenvalue weighted by Crippen LogP contribution is -2.50. The SMILES string of the molecule is Cn1ccc2cccc(NC(=O)N3CCN(C4CC4)CC3)c21. The molecular weight excluding hydrogens is 276 g/mol. The number of anilines is 1. The second-order valence-electron chi connectivity index (χ2n) is 6.35. The van der Waals surface area contributed by atoms with Gasteiger partial charge in [-0.1, -0.05) is 12.1 Å². The van der Waals surface area contributed by atoms with Gasteiger partial charge in [0.15, 0.2) is 0 Å². The van der Waals surface area contributed by atoms with E-state index in [0.29, 0.717) is 0 Å². The molecule has 1 aliphatic carbocycles. The van der Waals surface area contributed by atoms with Gasteiger partial charge in [0, 0.05) is 50.9 Å². The first-order chi connectivity index (χ1) is 10.7. The summed E-state index contributed by atoms with van der Waals surface area (Å²) in [7, 11) is 2.01. The van der Waals surface area contributed by atoms with Crippen LogP contribution in [0.2, 0.25) is 0 Å². The first-order valence-corrected chi connectivity index (χ1v) is 8.06. The molecule has 0 unspecified atom stereocenters. The van der Waals surface area contributed by atoms with Crippen molar-refractivity contribution in [3.8, 4) is 0 Å². The number of carbonyl (C=O) groups excluding carboxylic acids is 1. The smallest absolute Gasteiger partial charge is 0.321 e. The van der Waals surface area contributed by atoms with E-state index in [9.17, 15) is 4.79 Å². The van der Waals surface area contributed by atoms with Crippen molar-refractivity contribution in [2.75, 3.05) is 31.5 Å². The van der Waals surface area contributed by atoms with Gasteiger partial charge in [0.25, 0.3) is 0 Å². The zero-order chi connectivity index (χ0) is 15.1. The fourth-order valence-electron chi connectivity index (χ4n) is 3.38. The van der Waals surface area contributed by atoms with Crippen LogP contribution in [0, 0.1) is 0 Å². The molecular formula is C17H22N4O. The van der Waals surface area contributed by atoms with Gasteiger partial charge in [0.05, 0.1) is 11.2 Å². The number of hydrogen-bond donors (Lipinski definition) is 1. The van der Waals surface area contributed by atoms with Crippen LogP contribution in [-0.4, -0.2) is 52.6 Å². The standard InChI is InChI=1S/C17H22N4O/c1-19-8-7-13-3-2-4-15(16(13)19)18-17(22)21-11-9-20(10-12-21)14-5-6-14/h2-4,7-8,14H,5-6,9-12H2,1H3,(H,18,22). The van der Waals surface area contributed by atoms with Crippen molar-refractivity contribution in [2.45, 2.75) is 18.9 Å². The normalized spacial score (nSPS) is 19.6. The predicted octanol–water partition coefficient (Wildman–Crippen LogP) is 2.49. The van der Waals surface area contributed by atoms with Gasteiger partial charge < -0.3 is 14.8 Å². The number of urea groups is 1. The summed E-state index contributed by atoms with van der Waals surface area (Å²) >= 11 is 0. The van der Waals surface area contributed by atoms with E-state index < -0.39 is 0 Å². The number of benzene rings is 1. The van der Waals surface area contributed by atoms with Gasteiger partial charge in [-0.25, -0.2) is 4.79 Å². The van der Waals surface area contributed by atoms with E-state index in [2.05, 4.69) is 26.9 Å². The number of carbonyl (C=O) groups is 1. The van der Waals surface area contributed by atoms with Gasteiger partial charge in [-0.15, -0.1) is 0 Å². The zero-order valence-electron chi connectivity index (χ0n) is 13.0. The highest BCUT2D eigenvalue weighted by Gasteiger charge is 2.32. The summed E-state index contributed by atoms with van der Waals surface area (Å²) in [6, 6.07) is 8.91. The first-order valence-electron chi connectivity index (χ1n) is 8.06. The number of aromatic nitrogens is 1. The molecule has 2 amide bonds. The lowest BCUT2D eigenvalue weighted by molar-refractivity contribution is 0.142. The highest BCUT2D eigenvalue weighted by Crippen LogP contribution is 2.28. The number of para-hydroxylation sites is 1. The Bertz CT molecular complexity index is 696. The fraction of sp³-hybridized carbons (Fsp3) is 0.471. The molecule has 2 aliphatic rings. The van der Waals surface area contributed by atoms with E-state index in [0.717, 1.165) is 48.8 Å². The minimum Gasteiger partial charge on any atom is -0.349 e. The van der Waals surface area contributed by atoms with Crippen LogP contribution in [-0.2, 0) is 7.05 Å². The van der Waals surface area contributed by atoms with Crippen molar-refractivity contribution < 1.29 is 4.79 Å². The number of aryl methyl sites for hydroxylation is 1. The Balaban J connectivity index is 1.46. The summed E-state index contributed by atoms with van der Waals surface area (Å²) in [5.74, 6) is 0. The molecule has 5 heteroatoms. The third kappa shape index (κ3) is 2.46. The van der Waals surface area contributed by atoms with E-state index in [1.165, 1.54) is 12.8 Å². The predicted molar refractivity (Wildman–Crippen MR) is 88.1 cm³/mol. The van der Waals surface area contributed by atoms with Crippen LogP contribution >= 0.6 is 0 Å². The van der Waals surface area contributed by atoms with Crippen molar-refractivity contribution >= 4 is 22.6 Å². The third-order valence-corrected chi connectivity index (χ3v) is 4.80. The minimum absolute atomic E-state index is 0.0177. The molecule has 1 saturated heterocycles. The van der Waals surface area contributed by atoms with Gasteiger partial charge in [0.2, 0.25) is 0 Å². The molecule has 4 rings (SSSR count). The maximum Gasteiger partial charge on any atom is 0.321 e. The number of hydrogen-bond acceptors (Lipinski definition) is 2. The van der Waals surface area contributed by atoms with Crippen LogP contribution in [0.3, 0.4) is 0 Å². The van der Waals surface area contributed by atoms with Crippen LogP contribution in [0.15, 0.2) is 30.5 Å². The lowest BCUT2D eigenvalue weighted by Gasteiger charge is -2.34. The quantitative estimate of drug-likeness (QED) is 0.925. The maximum atomic E-state index is 12.5. The summed E-state index contributed by atoms with van der Waals surface area (Å²) in [5.41, 5.74) is 1.96.